The normalized spacial score (nSPS) is 11.6. The van der Waals surface area contributed by atoms with Crippen LogP contribution >= 0.6 is 0 Å². The highest BCUT2D eigenvalue weighted by Gasteiger charge is 2.15. The number of amides is 2. The molecule has 0 bridgehead atoms. The molecule has 0 aliphatic heterocycles. The lowest BCUT2D eigenvalue weighted by molar-refractivity contribution is -0.117. The number of nitrogens with zero attached hydrogens (tertiary/aromatic N) is 1. The van der Waals surface area contributed by atoms with E-state index in [9.17, 15) is 9.59 Å². The number of ether oxygens (including phenoxy) is 1. The summed E-state index contributed by atoms with van der Waals surface area (Å²) in [7, 11) is 1.58. The van der Waals surface area contributed by atoms with E-state index in [4.69, 9.17) is 4.74 Å². The van der Waals surface area contributed by atoms with Crippen molar-refractivity contribution in [2.45, 2.75) is 13.3 Å². The van der Waals surface area contributed by atoms with Gasteiger partial charge >= 0.3 is 0 Å². The van der Waals surface area contributed by atoms with Crippen LogP contribution in [0.15, 0.2) is 95.7 Å². The molecule has 0 fully saturated rings. The fourth-order valence-corrected chi connectivity index (χ4v) is 2.97. The van der Waals surface area contributed by atoms with Gasteiger partial charge in [-0.25, -0.2) is 5.43 Å². The summed E-state index contributed by atoms with van der Waals surface area (Å²) < 4.78 is 5.18. The summed E-state index contributed by atoms with van der Waals surface area (Å²) in [5.41, 5.74) is 5.48. The second-order valence-electron chi connectivity index (χ2n) is 6.87. The minimum Gasteiger partial charge on any atom is -0.497 e. The Morgan fingerprint density at radius 3 is 2.03 bits per heavy atom. The third-order valence-electron chi connectivity index (χ3n) is 4.69. The Bertz CT molecular complexity index is 1110. The lowest BCUT2D eigenvalue weighted by atomic mass is 10.1. The molecule has 0 saturated carbocycles. The SMILES string of the molecule is CCC(=NNC(=O)C(=Cc1ccc(OC)cc1)NC(=O)c1ccccc1)c1ccccc1. The Hall–Kier alpha value is -4.19. The fraction of sp³-hybridized carbons (Fsp3) is 0.115. The lowest BCUT2D eigenvalue weighted by Crippen LogP contribution is -2.33. The average Bonchev–Trinajstić information content (AvgIpc) is 2.85. The largest absolute Gasteiger partial charge is 0.497 e. The Morgan fingerprint density at radius 2 is 1.47 bits per heavy atom. The van der Waals surface area contributed by atoms with Gasteiger partial charge in [-0.15, -0.1) is 0 Å². The van der Waals surface area contributed by atoms with Crippen molar-refractivity contribution in [3.63, 3.8) is 0 Å². The number of benzene rings is 3. The van der Waals surface area contributed by atoms with Gasteiger partial charge in [0, 0.05) is 5.56 Å². The highest BCUT2D eigenvalue weighted by atomic mass is 16.5. The third-order valence-corrected chi connectivity index (χ3v) is 4.69. The second-order valence-corrected chi connectivity index (χ2v) is 6.87. The Balaban J connectivity index is 1.86. The van der Waals surface area contributed by atoms with Crippen LogP contribution in [0.25, 0.3) is 6.08 Å². The van der Waals surface area contributed by atoms with Gasteiger partial charge in [-0.05, 0) is 47.9 Å². The van der Waals surface area contributed by atoms with Crippen molar-refractivity contribution in [1.82, 2.24) is 10.7 Å². The fourth-order valence-electron chi connectivity index (χ4n) is 2.97. The molecule has 32 heavy (non-hydrogen) atoms. The zero-order valence-electron chi connectivity index (χ0n) is 18.0. The first-order valence-electron chi connectivity index (χ1n) is 10.2. The summed E-state index contributed by atoms with van der Waals surface area (Å²) >= 11 is 0. The summed E-state index contributed by atoms with van der Waals surface area (Å²) in [4.78, 5) is 25.6. The molecule has 0 saturated heterocycles. The van der Waals surface area contributed by atoms with Crippen molar-refractivity contribution < 1.29 is 14.3 Å². The van der Waals surface area contributed by atoms with E-state index in [2.05, 4.69) is 15.8 Å². The predicted molar refractivity (Wildman–Crippen MR) is 126 cm³/mol. The van der Waals surface area contributed by atoms with Crippen molar-refractivity contribution in [2.75, 3.05) is 7.11 Å². The minimum absolute atomic E-state index is 0.0799. The maximum atomic E-state index is 13.0. The quantitative estimate of drug-likeness (QED) is 0.318. The number of hydrazone groups is 1. The Labute approximate surface area is 187 Å². The van der Waals surface area contributed by atoms with Crippen molar-refractivity contribution in [3.8, 4) is 5.75 Å². The van der Waals surface area contributed by atoms with E-state index in [1.807, 2.05) is 43.3 Å². The molecule has 3 rings (SSSR count). The molecule has 2 N–H and O–H groups in total. The topological polar surface area (TPSA) is 79.8 Å². The van der Waals surface area contributed by atoms with E-state index in [0.29, 0.717) is 17.7 Å². The van der Waals surface area contributed by atoms with Gasteiger partial charge in [0.25, 0.3) is 11.8 Å². The molecule has 6 heteroatoms. The molecule has 0 radical (unpaired) electrons. The van der Waals surface area contributed by atoms with Crippen LogP contribution in [0.5, 0.6) is 5.75 Å². The van der Waals surface area contributed by atoms with E-state index in [-0.39, 0.29) is 11.6 Å². The monoisotopic (exact) mass is 427 g/mol. The maximum Gasteiger partial charge on any atom is 0.287 e. The zero-order valence-corrected chi connectivity index (χ0v) is 18.0. The van der Waals surface area contributed by atoms with Gasteiger partial charge in [0.2, 0.25) is 0 Å². The summed E-state index contributed by atoms with van der Waals surface area (Å²) in [6.45, 7) is 1.96. The van der Waals surface area contributed by atoms with Crippen molar-refractivity contribution in [3.05, 3.63) is 107 Å². The van der Waals surface area contributed by atoms with Crippen LogP contribution in [0.3, 0.4) is 0 Å². The van der Waals surface area contributed by atoms with Crippen LogP contribution in [0, 0.1) is 0 Å². The molecule has 0 aliphatic rings. The highest BCUT2D eigenvalue weighted by molar-refractivity contribution is 6.06. The second kappa shape index (κ2) is 11.3. The Morgan fingerprint density at radius 1 is 0.875 bits per heavy atom. The highest BCUT2D eigenvalue weighted by Crippen LogP contribution is 2.14. The molecule has 0 spiro atoms. The van der Waals surface area contributed by atoms with E-state index >= 15 is 0 Å². The molecule has 0 unspecified atom stereocenters. The van der Waals surface area contributed by atoms with Crippen molar-refractivity contribution in [1.29, 1.82) is 0 Å². The van der Waals surface area contributed by atoms with Crippen molar-refractivity contribution >= 4 is 23.6 Å². The number of methoxy groups -OCH3 is 1. The number of rotatable bonds is 8. The maximum absolute atomic E-state index is 13.0. The molecule has 3 aromatic rings. The van der Waals surface area contributed by atoms with Crippen LogP contribution in [-0.4, -0.2) is 24.6 Å². The van der Waals surface area contributed by atoms with Crippen LogP contribution in [0.4, 0.5) is 0 Å². The van der Waals surface area contributed by atoms with E-state index in [1.54, 1.807) is 61.7 Å². The van der Waals surface area contributed by atoms with E-state index in [0.717, 1.165) is 16.8 Å². The van der Waals surface area contributed by atoms with Gasteiger partial charge < -0.3 is 10.1 Å². The molecular weight excluding hydrogens is 402 g/mol. The molecule has 3 aromatic carbocycles. The van der Waals surface area contributed by atoms with Crippen LogP contribution in [-0.2, 0) is 4.79 Å². The number of nitrogens with one attached hydrogen (secondary N) is 2. The standard InChI is InChI=1S/C26H25N3O3/c1-3-23(20-10-6-4-7-11-20)28-29-26(31)24(18-19-14-16-22(32-2)17-15-19)27-25(30)21-12-8-5-9-13-21/h4-18H,3H2,1-2H3,(H,27,30)(H,29,31). The van der Waals surface area contributed by atoms with Gasteiger partial charge in [-0.2, -0.15) is 5.10 Å². The summed E-state index contributed by atoms with van der Waals surface area (Å²) in [6.07, 6.45) is 2.23. The zero-order chi connectivity index (χ0) is 22.8. The number of hydrogen-bond acceptors (Lipinski definition) is 4. The molecule has 162 valence electrons. The van der Waals surface area contributed by atoms with Gasteiger partial charge in [0.1, 0.15) is 11.4 Å². The van der Waals surface area contributed by atoms with E-state index < -0.39 is 5.91 Å². The first-order valence-corrected chi connectivity index (χ1v) is 10.2. The molecular formula is C26H25N3O3. The molecule has 0 aliphatic carbocycles. The number of carbonyl (C=O) groups excluding carboxylic acids is 2. The molecule has 0 heterocycles. The summed E-state index contributed by atoms with van der Waals surface area (Å²) in [5.74, 6) is -0.211. The summed E-state index contributed by atoms with van der Waals surface area (Å²) in [5, 5.41) is 6.99. The van der Waals surface area contributed by atoms with Gasteiger partial charge in [0.15, 0.2) is 0 Å². The van der Waals surface area contributed by atoms with Crippen molar-refractivity contribution in [2.24, 2.45) is 5.10 Å². The first kappa shape index (κ1) is 22.5. The minimum atomic E-state index is -0.521. The van der Waals surface area contributed by atoms with E-state index in [1.165, 1.54) is 0 Å². The van der Waals surface area contributed by atoms with Gasteiger partial charge in [-0.3, -0.25) is 9.59 Å². The molecule has 0 aromatic heterocycles. The molecule has 6 nitrogen and oxygen atoms in total. The Kier molecular flexibility index (Phi) is 7.92. The molecule has 2 amide bonds. The van der Waals surface area contributed by atoms with Crippen LogP contribution < -0.4 is 15.5 Å². The van der Waals surface area contributed by atoms with Crippen LogP contribution in [0.1, 0.15) is 34.8 Å². The average molecular weight is 428 g/mol. The lowest BCUT2D eigenvalue weighted by Gasteiger charge is -2.11. The molecule has 0 atom stereocenters. The third kappa shape index (κ3) is 6.15. The predicted octanol–water partition coefficient (Wildman–Crippen LogP) is 4.40. The first-order chi connectivity index (χ1) is 15.6. The van der Waals surface area contributed by atoms with Gasteiger partial charge in [0.05, 0.1) is 12.8 Å². The number of carbonyl (C=O) groups is 2. The summed E-state index contributed by atoms with van der Waals surface area (Å²) in [6, 6.07) is 25.5. The van der Waals surface area contributed by atoms with Gasteiger partial charge in [-0.1, -0.05) is 67.6 Å². The van der Waals surface area contributed by atoms with Crippen LogP contribution in [0.2, 0.25) is 0 Å². The number of hydrogen-bond donors (Lipinski definition) is 2. The smallest absolute Gasteiger partial charge is 0.287 e.